The Hall–Kier alpha value is -0.870. The molecule has 0 spiro atoms. The van der Waals surface area contributed by atoms with Crippen LogP contribution in [0.5, 0.6) is 0 Å². The number of nitrogens with zero attached hydrogens (tertiary/aromatic N) is 3. The Morgan fingerprint density at radius 2 is 2.38 bits per heavy atom. The van der Waals surface area contributed by atoms with Crippen LogP contribution >= 0.6 is 0 Å². The van der Waals surface area contributed by atoms with Gasteiger partial charge in [0.25, 0.3) is 0 Å². The van der Waals surface area contributed by atoms with Crippen molar-refractivity contribution in [2.45, 2.75) is 26.4 Å². The van der Waals surface area contributed by atoms with E-state index in [1.54, 1.807) is 0 Å². The first-order valence-electron chi connectivity index (χ1n) is 6.11. The lowest BCUT2D eigenvalue weighted by atomic mass is 10.1. The molecule has 1 saturated heterocycles. The average molecular weight is 222 g/mol. The number of hydrogen-bond donors (Lipinski definition) is 1. The maximum atomic E-state index is 4.66. The Morgan fingerprint density at radius 1 is 1.56 bits per heavy atom. The molecule has 2 heterocycles. The van der Waals surface area contributed by atoms with E-state index in [4.69, 9.17) is 0 Å². The van der Waals surface area contributed by atoms with Gasteiger partial charge in [-0.2, -0.15) is 5.10 Å². The smallest absolute Gasteiger partial charge is 0.0809 e. The maximum absolute atomic E-state index is 4.66. The van der Waals surface area contributed by atoms with Crippen molar-refractivity contribution in [2.24, 2.45) is 5.92 Å². The van der Waals surface area contributed by atoms with Gasteiger partial charge in [-0.1, -0.05) is 13.8 Å². The minimum Gasteiger partial charge on any atom is -0.313 e. The van der Waals surface area contributed by atoms with Crippen LogP contribution in [0.1, 0.15) is 25.6 Å². The largest absolute Gasteiger partial charge is 0.313 e. The molecule has 0 radical (unpaired) electrons. The minimum atomic E-state index is 0.433. The third-order valence-corrected chi connectivity index (χ3v) is 3.07. The van der Waals surface area contributed by atoms with Gasteiger partial charge in [0.2, 0.25) is 0 Å². The summed E-state index contributed by atoms with van der Waals surface area (Å²) in [7, 11) is 2.17. The SMILES string of the molecule is CC(C)Cn1ccc(C2CNCCN2C)n1. The fourth-order valence-corrected chi connectivity index (χ4v) is 2.17. The van der Waals surface area contributed by atoms with E-state index in [9.17, 15) is 0 Å². The Balaban J connectivity index is 2.05. The summed E-state index contributed by atoms with van der Waals surface area (Å²) in [6, 6.07) is 2.58. The van der Waals surface area contributed by atoms with E-state index in [1.807, 2.05) is 0 Å². The van der Waals surface area contributed by atoms with Crippen LogP contribution in [0.3, 0.4) is 0 Å². The zero-order valence-corrected chi connectivity index (χ0v) is 10.5. The van der Waals surface area contributed by atoms with Crippen LogP contribution in [-0.4, -0.2) is 41.4 Å². The molecule has 1 aromatic rings. The molecule has 1 unspecified atom stereocenters. The molecule has 0 bridgehead atoms. The van der Waals surface area contributed by atoms with Crippen LogP contribution < -0.4 is 5.32 Å². The number of piperazine rings is 1. The van der Waals surface area contributed by atoms with Gasteiger partial charge in [-0.25, -0.2) is 0 Å². The third kappa shape index (κ3) is 2.62. The van der Waals surface area contributed by atoms with Crippen molar-refractivity contribution in [2.75, 3.05) is 26.7 Å². The van der Waals surface area contributed by atoms with Crippen LogP contribution in [0, 0.1) is 5.92 Å². The van der Waals surface area contributed by atoms with Crippen molar-refractivity contribution in [3.8, 4) is 0 Å². The summed E-state index contributed by atoms with van der Waals surface area (Å²) < 4.78 is 2.06. The summed E-state index contributed by atoms with van der Waals surface area (Å²) in [5.74, 6) is 0.648. The number of rotatable bonds is 3. The molecule has 2 rings (SSSR count). The second kappa shape index (κ2) is 4.97. The van der Waals surface area contributed by atoms with Crippen molar-refractivity contribution in [1.29, 1.82) is 0 Å². The predicted molar refractivity (Wildman–Crippen MR) is 65.3 cm³/mol. The highest BCUT2D eigenvalue weighted by Crippen LogP contribution is 2.18. The van der Waals surface area contributed by atoms with Gasteiger partial charge in [0.05, 0.1) is 11.7 Å². The molecule has 1 aliphatic heterocycles. The number of likely N-dealkylation sites (N-methyl/N-ethyl adjacent to an activating group) is 1. The molecule has 90 valence electrons. The summed E-state index contributed by atoms with van der Waals surface area (Å²) in [6.45, 7) is 8.63. The van der Waals surface area contributed by atoms with E-state index in [0.29, 0.717) is 12.0 Å². The second-order valence-corrected chi connectivity index (χ2v) is 5.06. The van der Waals surface area contributed by atoms with E-state index >= 15 is 0 Å². The fraction of sp³-hybridized carbons (Fsp3) is 0.750. The van der Waals surface area contributed by atoms with Crippen LogP contribution in [0.25, 0.3) is 0 Å². The van der Waals surface area contributed by atoms with E-state index < -0.39 is 0 Å². The Bertz CT molecular complexity index is 332. The van der Waals surface area contributed by atoms with Crippen molar-refractivity contribution in [3.05, 3.63) is 18.0 Å². The van der Waals surface area contributed by atoms with Gasteiger partial charge in [0.1, 0.15) is 0 Å². The van der Waals surface area contributed by atoms with Gasteiger partial charge in [-0.15, -0.1) is 0 Å². The lowest BCUT2D eigenvalue weighted by molar-refractivity contribution is 0.197. The summed E-state index contributed by atoms with van der Waals surface area (Å²) in [5, 5.41) is 8.08. The third-order valence-electron chi connectivity index (χ3n) is 3.07. The molecular formula is C12H22N4. The Kier molecular flexibility index (Phi) is 3.61. The first kappa shape index (κ1) is 11.6. The van der Waals surface area contributed by atoms with Gasteiger partial charge in [0.15, 0.2) is 0 Å². The van der Waals surface area contributed by atoms with E-state index in [-0.39, 0.29) is 0 Å². The molecule has 0 amide bonds. The zero-order chi connectivity index (χ0) is 11.5. The molecule has 16 heavy (non-hydrogen) atoms. The van der Waals surface area contributed by atoms with E-state index in [2.05, 4.69) is 53.2 Å². The summed E-state index contributed by atoms with van der Waals surface area (Å²) in [6.07, 6.45) is 2.10. The summed E-state index contributed by atoms with van der Waals surface area (Å²) in [4.78, 5) is 2.37. The Labute approximate surface area is 97.6 Å². The van der Waals surface area contributed by atoms with Crippen molar-refractivity contribution < 1.29 is 0 Å². The lowest BCUT2D eigenvalue weighted by Gasteiger charge is -2.31. The van der Waals surface area contributed by atoms with Crippen molar-refractivity contribution >= 4 is 0 Å². The lowest BCUT2D eigenvalue weighted by Crippen LogP contribution is -2.44. The number of nitrogens with one attached hydrogen (secondary N) is 1. The average Bonchev–Trinajstić information content (AvgIpc) is 2.66. The highest BCUT2D eigenvalue weighted by molar-refractivity contribution is 5.07. The van der Waals surface area contributed by atoms with E-state index in [1.165, 1.54) is 5.69 Å². The maximum Gasteiger partial charge on any atom is 0.0809 e. The molecule has 1 fully saturated rings. The zero-order valence-electron chi connectivity index (χ0n) is 10.5. The molecule has 0 saturated carbocycles. The summed E-state index contributed by atoms with van der Waals surface area (Å²) in [5.41, 5.74) is 1.19. The van der Waals surface area contributed by atoms with Crippen LogP contribution in [-0.2, 0) is 6.54 Å². The van der Waals surface area contributed by atoms with Crippen LogP contribution in [0.15, 0.2) is 12.3 Å². The van der Waals surface area contributed by atoms with Crippen LogP contribution in [0.2, 0.25) is 0 Å². The molecule has 1 aliphatic rings. The second-order valence-electron chi connectivity index (χ2n) is 5.06. The number of aromatic nitrogens is 2. The molecule has 1 atom stereocenters. The quantitative estimate of drug-likeness (QED) is 0.832. The monoisotopic (exact) mass is 222 g/mol. The summed E-state index contributed by atoms with van der Waals surface area (Å²) >= 11 is 0. The highest BCUT2D eigenvalue weighted by Gasteiger charge is 2.22. The van der Waals surface area contributed by atoms with Gasteiger partial charge < -0.3 is 5.32 Å². The van der Waals surface area contributed by atoms with Gasteiger partial charge >= 0.3 is 0 Å². The standard InChI is InChI=1S/C12H22N4/c1-10(2)9-16-6-4-11(14-16)12-8-13-5-7-15(12)3/h4,6,10,12-13H,5,7-9H2,1-3H3. The molecule has 0 aliphatic carbocycles. The molecule has 1 aromatic heterocycles. The van der Waals surface area contributed by atoms with Gasteiger partial charge in [-0.05, 0) is 19.0 Å². The molecule has 0 aromatic carbocycles. The van der Waals surface area contributed by atoms with Crippen LogP contribution in [0.4, 0.5) is 0 Å². The van der Waals surface area contributed by atoms with Gasteiger partial charge in [0, 0.05) is 32.4 Å². The first-order chi connectivity index (χ1) is 7.66. The topological polar surface area (TPSA) is 33.1 Å². The molecule has 4 nitrogen and oxygen atoms in total. The van der Waals surface area contributed by atoms with E-state index in [0.717, 1.165) is 26.2 Å². The normalized spacial score (nSPS) is 22.9. The van der Waals surface area contributed by atoms with Crippen molar-refractivity contribution in [1.82, 2.24) is 20.0 Å². The highest BCUT2D eigenvalue weighted by atomic mass is 15.3. The molecule has 4 heteroatoms. The Morgan fingerprint density at radius 3 is 3.06 bits per heavy atom. The molecule has 1 N–H and O–H groups in total. The fourth-order valence-electron chi connectivity index (χ4n) is 2.17. The molecular weight excluding hydrogens is 200 g/mol. The first-order valence-corrected chi connectivity index (χ1v) is 6.11. The van der Waals surface area contributed by atoms with Crippen molar-refractivity contribution in [3.63, 3.8) is 0 Å². The number of hydrogen-bond acceptors (Lipinski definition) is 3. The van der Waals surface area contributed by atoms with Gasteiger partial charge in [-0.3, -0.25) is 9.58 Å². The minimum absolute atomic E-state index is 0.433. The predicted octanol–water partition coefficient (Wildman–Crippen LogP) is 1.12.